The fraction of sp³-hybridized carbons (Fsp3) is 0.538. The normalized spacial score (nSPS) is 23.7. The third-order valence-electron chi connectivity index (χ3n) is 6.70. The predicted octanol–water partition coefficient (Wildman–Crippen LogP) is 7.11. The van der Waals surface area contributed by atoms with Crippen molar-refractivity contribution in [1.29, 1.82) is 0 Å². The molecule has 0 aromatic heterocycles. The maximum Gasteiger partial charge on any atom is 0.206 e. The van der Waals surface area contributed by atoms with E-state index in [1.165, 1.54) is 5.56 Å². The van der Waals surface area contributed by atoms with Crippen LogP contribution in [0.3, 0.4) is 0 Å². The van der Waals surface area contributed by atoms with E-state index in [2.05, 4.69) is 120 Å². The molecule has 1 saturated heterocycles. The SMILES string of the molecule is CC(C)(C)[C@@H]1C[C@](O[Si](C)(C)C(C)(C)C)(c2ccccc2)ON1Cc1ccccc1. The lowest BCUT2D eigenvalue weighted by molar-refractivity contribution is -0.293. The summed E-state index contributed by atoms with van der Waals surface area (Å²) < 4.78 is 7.11. The Morgan fingerprint density at radius 1 is 0.933 bits per heavy atom. The third kappa shape index (κ3) is 4.88. The Morgan fingerprint density at radius 3 is 1.97 bits per heavy atom. The number of rotatable bonds is 5. The van der Waals surface area contributed by atoms with Crippen LogP contribution in [0.25, 0.3) is 0 Å². The van der Waals surface area contributed by atoms with Gasteiger partial charge in [0.15, 0.2) is 8.32 Å². The molecule has 3 nitrogen and oxygen atoms in total. The van der Waals surface area contributed by atoms with Crippen molar-refractivity contribution in [3.63, 3.8) is 0 Å². The van der Waals surface area contributed by atoms with Gasteiger partial charge < -0.3 is 4.43 Å². The summed E-state index contributed by atoms with van der Waals surface area (Å²) in [5, 5.41) is 2.28. The van der Waals surface area contributed by atoms with E-state index < -0.39 is 14.1 Å². The fourth-order valence-corrected chi connectivity index (χ4v) is 5.21. The molecule has 3 rings (SSSR count). The average Bonchev–Trinajstić information content (AvgIpc) is 3.01. The number of hydroxylamine groups is 2. The number of nitrogens with zero attached hydrogens (tertiary/aromatic N) is 1. The molecule has 4 heteroatoms. The maximum atomic E-state index is 7.11. The zero-order chi connectivity index (χ0) is 22.2. The molecular weight excluding hydrogens is 386 g/mol. The first-order chi connectivity index (χ1) is 13.8. The smallest absolute Gasteiger partial charge is 0.206 e. The van der Waals surface area contributed by atoms with Crippen LogP contribution in [0, 0.1) is 5.41 Å². The molecule has 2 atom stereocenters. The van der Waals surface area contributed by atoms with E-state index in [0.717, 1.165) is 18.5 Å². The summed E-state index contributed by atoms with van der Waals surface area (Å²) in [6.07, 6.45) is 0.819. The highest BCUT2D eigenvalue weighted by molar-refractivity contribution is 6.74. The van der Waals surface area contributed by atoms with Gasteiger partial charge in [-0.1, -0.05) is 102 Å². The lowest BCUT2D eigenvalue weighted by atomic mass is 9.82. The lowest BCUT2D eigenvalue weighted by Crippen LogP contribution is -2.48. The number of benzene rings is 2. The summed E-state index contributed by atoms with van der Waals surface area (Å²) in [6.45, 7) is 19.1. The summed E-state index contributed by atoms with van der Waals surface area (Å²) in [5.41, 5.74) is 2.42. The maximum absolute atomic E-state index is 7.11. The second kappa shape index (κ2) is 8.23. The molecule has 2 aromatic rings. The highest BCUT2D eigenvalue weighted by atomic mass is 28.4. The molecule has 0 aliphatic carbocycles. The average molecular weight is 426 g/mol. The van der Waals surface area contributed by atoms with Gasteiger partial charge in [0.2, 0.25) is 5.79 Å². The highest BCUT2D eigenvalue weighted by Crippen LogP contribution is 2.50. The van der Waals surface area contributed by atoms with Crippen LogP contribution in [0.1, 0.15) is 59.1 Å². The van der Waals surface area contributed by atoms with Gasteiger partial charge in [0, 0.05) is 24.6 Å². The van der Waals surface area contributed by atoms with E-state index in [1.807, 2.05) is 0 Å². The molecule has 0 amide bonds. The molecule has 1 aliphatic heterocycles. The molecule has 0 bridgehead atoms. The minimum Gasteiger partial charge on any atom is -0.385 e. The Balaban J connectivity index is 2.04. The molecule has 0 saturated carbocycles. The molecule has 0 unspecified atom stereocenters. The van der Waals surface area contributed by atoms with Crippen LogP contribution in [0.15, 0.2) is 60.7 Å². The molecule has 0 N–H and O–H groups in total. The molecule has 0 spiro atoms. The Hall–Kier alpha value is -1.46. The minimum atomic E-state index is -2.09. The first-order valence-electron chi connectivity index (χ1n) is 11.1. The van der Waals surface area contributed by atoms with Gasteiger partial charge in [-0.25, -0.2) is 0 Å². The number of hydrogen-bond acceptors (Lipinski definition) is 3. The largest absolute Gasteiger partial charge is 0.385 e. The zero-order valence-corrected chi connectivity index (χ0v) is 21.0. The predicted molar refractivity (Wildman–Crippen MR) is 127 cm³/mol. The number of hydrogen-bond donors (Lipinski definition) is 0. The van der Waals surface area contributed by atoms with Crippen LogP contribution in [0.5, 0.6) is 0 Å². The quantitative estimate of drug-likeness (QED) is 0.476. The summed E-state index contributed by atoms with van der Waals surface area (Å²) in [7, 11) is -2.09. The topological polar surface area (TPSA) is 21.7 Å². The second-order valence-electron chi connectivity index (χ2n) is 11.2. The fourth-order valence-electron chi connectivity index (χ4n) is 3.84. The lowest BCUT2D eigenvalue weighted by Gasteiger charge is -2.43. The molecule has 1 fully saturated rings. The first-order valence-corrected chi connectivity index (χ1v) is 14.0. The molecule has 1 heterocycles. The van der Waals surface area contributed by atoms with Crippen molar-refractivity contribution in [2.75, 3.05) is 0 Å². The second-order valence-corrected chi connectivity index (χ2v) is 15.9. The van der Waals surface area contributed by atoms with Crippen LogP contribution < -0.4 is 0 Å². The van der Waals surface area contributed by atoms with Crippen molar-refractivity contribution in [2.45, 2.75) is 84.5 Å². The summed E-state index contributed by atoms with van der Waals surface area (Å²) in [4.78, 5) is 6.86. The van der Waals surface area contributed by atoms with E-state index in [4.69, 9.17) is 9.26 Å². The Kier molecular flexibility index (Phi) is 6.37. The summed E-state index contributed by atoms with van der Waals surface area (Å²) in [5.74, 6) is -0.753. The molecular formula is C26H39NO2Si. The minimum absolute atomic E-state index is 0.0576. The van der Waals surface area contributed by atoms with E-state index in [0.29, 0.717) is 0 Å². The third-order valence-corrected chi connectivity index (χ3v) is 11.1. The monoisotopic (exact) mass is 425 g/mol. The van der Waals surface area contributed by atoms with Crippen molar-refractivity contribution < 1.29 is 9.26 Å². The van der Waals surface area contributed by atoms with Crippen molar-refractivity contribution in [3.05, 3.63) is 71.8 Å². The van der Waals surface area contributed by atoms with E-state index in [9.17, 15) is 0 Å². The van der Waals surface area contributed by atoms with Gasteiger partial charge in [-0.15, -0.1) is 0 Å². The van der Waals surface area contributed by atoms with Crippen molar-refractivity contribution in [3.8, 4) is 0 Å². The summed E-state index contributed by atoms with van der Waals surface area (Å²) in [6, 6.07) is 21.3. The van der Waals surface area contributed by atoms with Gasteiger partial charge in [0.25, 0.3) is 0 Å². The molecule has 2 aromatic carbocycles. The van der Waals surface area contributed by atoms with Crippen molar-refractivity contribution in [1.82, 2.24) is 5.06 Å². The summed E-state index contributed by atoms with van der Waals surface area (Å²) >= 11 is 0. The first kappa shape index (κ1) is 23.2. The van der Waals surface area contributed by atoms with Gasteiger partial charge in [0.05, 0.1) is 0 Å². The van der Waals surface area contributed by atoms with Crippen LogP contribution in [-0.2, 0) is 21.6 Å². The van der Waals surface area contributed by atoms with Crippen LogP contribution in [-0.4, -0.2) is 19.4 Å². The van der Waals surface area contributed by atoms with Gasteiger partial charge >= 0.3 is 0 Å². The zero-order valence-electron chi connectivity index (χ0n) is 20.0. The van der Waals surface area contributed by atoms with Gasteiger partial charge in [-0.2, -0.15) is 5.06 Å². The van der Waals surface area contributed by atoms with E-state index >= 15 is 0 Å². The van der Waals surface area contributed by atoms with E-state index in [-0.39, 0.29) is 16.5 Å². The Bertz CT molecular complexity index is 824. The molecule has 1 aliphatic rings. The van der Waals surface area contributed by atoms with Crippen LogP contribution >= 0.6 is 0 Å². The van der Waals surface area contributed by atoms with Crippen molar-refractivity contribution >= 4 is 8.32 Å². The Morgan fingerprint density at radius 2 is 1.47 bits per heavy atom. The van der Waals surface area contributed by atoms with E-state index in [1.54, 1.807) is 0 Å². The molecule has 30 heavy (non-hydrogen) atoms. The van der Waals surface area contributed by atoms with Crippen molar-refractivity contribution in [2.24, 2.45) is 5.41 Å². The Labute approximate surface area is 184 Å². The van der Waals surface area contributed by atoms with Crippen LogP contribution in [0.2, 0.25) is 18.1 Å². The van der Waals surface area contributed by atoms with Gasteiger partial charge in [-0.05, 0) is 29.1 Å². The van der Waals surface area contributed by atoms with Crippen LogP contribution in [0.4, 0.5) is 0 Å². The standard InChI is InChI=1S/C26H39NO2Si/c1-24(2,3)23-19-26(22-17-13-10-14-18-22,29-30(7,8)25(4,5)6)28-27(23)20-21-15-11-9-12-16-21/h9-18,23H,19-20H2,1-8H3/t23-,26-/m0/s1. The van der Waals surface area contributed by atoms with Gasteiger partial charge in [0.1, 0.15) is 0 Å². The molecule has 0 radical (unpaired) electrons. The van der Waals surface area contributed by atoms with Gasteiger partial charge in [-0.3, -0.25) is 4.84 Å². The molecule has 164 valence electrons. The highest BCUT2D eigenvalue weighted by Gasteiger charge is 2.55.